The van der Waals surface area contributed by atoms with E-state index in [4.69, 9.17) is 9.47 Å². The third kappa shape index (κ3) is 12.4. The minimum Gasteiger partial charge on any atom is -0.494 e. The van der Waals surface area contributed by atoms with E-state index in [0.29, 0.717) is 0 Å². The molecule has 0 aliphatic carbocycles. The summed E-state index contributed by atoms with van der Waals surface area (Å²) in [4.78, 5) is 4.59. The minimum atomic E-state index is 0.778. The van der Waals surface area contributed by atoms with E-state index in [0.717, 1.165) is 54.7 Å². The van der Waals surface area contributed by atoms with Crippen LogP contribution in [0.3, 0.4) is 0 Å². The number of ether oxygens (including phenoxy) is 2. The Hall–Kier alpha value is -2.03. The van der Waals surface area contributed by atoms with Gasteiger partial charge in [0.2, 0.25) is 0 Å². The molecule has 0 bridgehead atoms. The van der Waals surface area contributed by atoms with Gasteiger partial charge in [-0.15, -0.1) is 0 Å². The van der Waals surface area contributed by atoms with Gasteiger partial charge in [-0.2, -0.15) is 0 Å². The molecule has 0 radical (unpaired) electrons. The van der Waals surface area contributed by atoms with Crippen molar-refractivity contribution in [2.24, 2.45) is 5.92 Å². The topological polar surface area (TPSA) is 31.4 Å². The lowest BCUT2D eigenvalue weighted by Gasteiger charge is -2.09. The molecule has 0 saturated carbocycles. The van der Waals surface area contributed by atoms with Crippen LogP contribution in [0, 0.1) is 5.92 Å². The fraction of sp³-hybridized carbons (Fsp3) is 0.645. The van der Waals surface area contributed by atoms with Crippen LogP contribution in [0.15, 0.2) is 42.6 Å². The van der Waals surface area contributed by atoms with Crippen molar-refractivity contribution in [2.45, 2.75) is 111 Å². The first-order chi connectivity index (χ1) is 16.7. The van der Waals surface area contributed by atoms with E-state index in [1.165, 1.54) is 77.0 Å². The molecule has 0 saturated heterocycles. The van der Waals surface area contributed by atoms with Crippen molar-refractivity contribution in [2.75, 3.05) is 13.2 Å². The average Bonchev–Trinajstić information content (AvgIpc) is 2.88. The van der Waals surface area contributed by atoms with Crippen LogP contribution >= 0.6 is 0 Å². The first kappa shape index (κ1) is 28.2. The molecule has 0 fully saturated rings. The zero-order valence-electron chi connectivity index (χ0n) is 22.2. The number of aromatic nitrogens is 1. The molecule has 0 N–H and O–H groups in total. The normalized spacial score (nSPS) is 12.0. The highest BCUT2D eigenvalue weighted by molar-refractivity contribution is 5.60. The minimum absolute atomic E-state index is 0.778. The van der Waals surface area contributed by atoms with Crippen LogP contribution in [0.25, 0.3) is 11.3 Å². The highest BCUT2D eigenvalue weighted by Gasteiger charge is 2.03. The van der Waals surface area contributed by atoms with E-state index >= 15 is 0 Å². The summed E-state index contributed by atoms with van der Waals surface area (Å²) < 4.78 is 11.8. The average molecular weight is 468 g/mol. The second-order valence-corrected chi connectivity index (χ2v) is 9.79. The highest BCUT2D eigenvalue weighted by atomic mass is 16.5. The number of benzene rings is 1. The van der Waals surface area contributed by atoms with Crippen LogP contribution in [-0.4, -0.2) is 18.2 Å². The van der Waals surface area contributed by atoms with E-state index in [9.17, 15) is 0 Å². The van der Waals surface area contributed by atoms with Gasteiger partial charge in [0.25, 0.3) is 0 Å². The molecule has 190 valence electrons. The van der Waals surface area contributed by atoms with Crippen LogP contribution in [0.1, 0.15) is 111 Å². The van der Waals surface area contributed by atoms with Crippen LogP contribution < -0.4 is 9.47 Å². The summed E-state index contributed by atoms with van der Waals surface area (Å²) in [6, 6.07) is 12.3. The lowest BCUT2D eigenvalue weighted by atomic mass is 10.0. The van der Waals surface area contributed by atoms with Crippen molar-refractivity contribution in [3.8, 4) is 22.8 Å². The molecule has 3 nitrogen and oxygen atoms in total. The van der Waals surface area contributed by atoms with Gasteiger partial charge in [-0.1, -0.05) is 97.8 Å². The molecule has 0 amide bonds. The third-order valence-electron chi connectivity index (χ3n) is 6.71. The first-order valence-electron chi connectivity index (χ1n) is 14.0. The number of unbranched alkanes of at least 4 members (excludes halogenated alkanes) is 10. The van der Waals surface area contributed by atoms with Crippen molar-refractivity contribution in [1.29, 1.82) is 0 Å². The Morgan fingerprint density at radius 3 is 1.79 bits per heavy atom. The van der Waals surface area contributed by atoms with Gasteiger partial charge in [0.15, 0.2) is 0 Å². The molecule has 0 aliphatic rings. The Bertz CT molecular complexity index is 726. The Balaban J connectivity index is 1.58. The molecular formula is C31H49NO2. The number of rotatable bonds is 20. The van der Waals surface area contributed by atoms with Gasteiger partial charge in [-0.3, -0.25) is 4.98 Å². The zero-order chi connectivity index (χ0) is 24.3. The maximum Gasteiger partial charge on any atom is 0.137 e. The van der Waals surface area contributed by atoms with E-state index in [1.54, 1.807) is 0 Å². The van der Waals surface area contributed by atoms with Gasteiger partial charge in [-0.25, -0.2) is 0 Å². The summed E-state index contributed by atoms with van der Waals surface area (Å²) in [6.45, 7) is 8.46. The van der Waals surface area contributed by atoms with Crippen LogP contribution in [0.2, 0.25) is 0 Å². The van der Waals surface area contributed by atoms with E-state index in [-0.39, 0.29) is 0 Å². The molecule has 2 rings (SSSR count). The van der Waals surface area contributed by atoms with Gasteiger partial charge >= 0.3 is 0 Å². The Morgan fingerprint density at radius 1 is 0.647 bits per heavy atom. The first-order valence-corrected chi connectivity index (χ1v) is 14.0. The molecule has 2 aromatic rings. The van der Waals surface area contributed by atoms with Gasteiger partial charge in [0.05, 0.1) is 25.1 Å². The molecule has 1 aromatic heterocycles. The predicted molar refractivity (Wildman–Crippen MR) is 146 cm³/mol. The molecule has 0 spiro atoms. The summed E-state index contributed by atoms with van der Waals surface area (Å²) in [5, 5.41) is 0. The molecule has 1 unspecified atom stereocenters. The molecule has 1 aromatic carbocycles. The standard InChI is InChI=1S/C31H49NO2/c1-4-6-7-8-9-10-11-12-15-25-34-30-22-23-31(32-26-30)28-18-20-29(21-19-28)33-24-16-13-14-17-27(3)5-2/h18-23,26-27H,4-17,24-25H2,1-3H3. The second kappa shape index (κ2) is 18.3. The number of hydrogen-bond donors (Lipinski definition) is 0. The molecule has 0 aliphatic heterocycles. The maximum absolute atomic E-state index is 5.91. The maximum atomic E-state index is 5.91. The lowest BCUT2D eigenvalue weighted by molar-refractivity contribution is 0.302. The summed E-state index contributed by atoms with van der Waals surface area (Å²) in [6.07, 6.45) is 20.1. The van der Waals surface area contributed by atoms with E-state index in [2.05, 4.69) is 37.9 Å². The van der Waals surface area contributed by atoms with Crippen molar-refractivity contribution in [1.82, 2.24) is 4.98 Å². The van der Waals surface area contributed by atoms with Crippen LogP contribution in [-0.2, 0) is 0 Å². The van der Waals surface area contributed by atoms with Crippen molar-refractivity contribution in [3.05, 3.63) is 42.6 Å². The van der Waals surface area contributed by atoms with Gasteiger partial charge in [0.1, 0.15) is 11.5 Å². The van der Waals surface area contributed by atoms with Crippen molar-refractivity contribution in [3.63, 3.8) is 0 Å². The summed E-state index contributed by atoms with van der Waals surface area (Å²) in [7, 11) is 0. The molecule has 1 heterocycles. The predicted octanol–water partition coefficient (Wildman–Crippen LogP) is 9.64. The smallest absolute Gasteiger partial charge is 0.137 e. The number of nitrogens with zero attached hydrogens (tertiary/aromatic N) is 1. The van der Waals surface area contributed by atoms with Gasteiger partial charge in [0, 0.05) is 5.56 Å². The molecule has 3 heteroatoms. The van der Waals surface area contributed by atoms with E-state index in [1.807, 2.05) is 30.5 Å². The summed E-state index contributed by atoms with van der Waals surface area (Å²) in [5.41, 5.74) is 2.07. The second-order valence-electron chi connectivity index (χ2n) is 9.79. The van der Waals surface area contributed by atoms with Crippen LogP contribution in [0.5, 0.6) is 11.5 Å². The van der Waals surface area contributed by atoms with Crippen LogP contribution in [0.4, 0.5) is 0 Å². The van der Waals surface area contributed by atoms with Gasteiger partial charge < -0.3 is 9.47 Å². The summed E-state index contributed by atoms with van der Waals surface area (Å²) in [5.74, 6) is 2.64. The third-order valence-corrected chi connectivity index (χ3v) is 6.71. The summed E-state index contributed by atoms with van der Waals surface area (Å²) >= 11 is 0. The lowest BCUT2D eigenvalue weighted by Crippen LogP contribution is -1.99. The zero-order valence-corrected chi connectivity index (χ0v) is 22.2. The molecule has 34 heavy (non-hydrogen) atoms. The number of hydrogen-bond acceptors (Lipinski definition) is 3. The van der Waals surface area contributed by atoms with Crippen molar-refractivity contribution >= 4 is 0 Å². The Labute approximate surface area is 209 Å². The fourth-order valence-corrected chi connectivity index (χ4v) is 4.13. The monoisotopic (exact) mass is 467 g/mol. The highest BCUT2D eigenvalue weighted by Crippen LogP contribution is 2.23. The van der Waals surface area contributed by atoms with Gasteiger partial charge in [-0.05, 0) is 55.2 Å². The SMILES string of the molecule is CCCCCCCCCCCOc1ccc(-c2ccc(OCCCCCC(C)CC)cc2)nc1. The molecule has 1 atom stereocenters. The number of pyridine rings is 1. The quantitative estimate of drug-likeness (QED) is 0.182. The Morgan fingerprint density at radius 2 is 1.21 bits per heavy atom. The molecular weight excluding hydrogens is 418 g/mol. The fourth-order valence-electron chi connectivity index (χ4n) is 4.13. The Kier molecular flexibility index (Phi) is 15.2. The van der Waals surface area contributed by atoms with Crippen molar-refractivity contribution < 1.29 is 9.47 Å². The van der Waals surface area contributed by atoms with E-state index < -0.39 is 0 Å². The largest absolute Gasteiger partial charge is 0.494 e.